The smallest absolute Gasteiger partial charge is 0.266 e. The third kappa shape index (κ3) is 3.44. The Kier molecular flexibility index (Phi) is 5.20. The van der Waals surface area contributed by atoms with Crippen molar-refractivity contribution < 1.29 is 18.0 Å². The molecule has 0 spiro atoms. The van der Waals surface area contributed by atoms with Crippen LogP contribution >= 0.6 is 0 Å². The Balaban J connectivity index is 1.65. The Morgan fingerprint density at radius 2 is 1.58 bits per heavy atom. The van der Waals surface area contributed by atoms with Crippen molar-refractivity contribution in [1.29, 1.82) is 0 Å². The summed E-state index contributed by atoms with van der Waals surface area (Å²) in [5, 5.41) is 1.76. The van der Waals surface area contributed by atoms with E-state index in [1.165, 1.54) is 24.3 Å². The van der Waals surface area contributed by atoms with Crippen molar-refractivity contribution in [2.45, 2.75) is 37.8 Å². The Hall–Kier alpha value is -3.01. The Morgan fingerprint density at radius 3 is 2.10 bits per heavy atom. The van der Waals surface area contributed by atoms with Gasteiger partial charge in [-0.05, 0) is 57.2 Å². The minimum Gasteiger partial charge on any atom is -0.326 e. The van der Waals surface area contributed by atoms with Gasteiger partial charge in [0.25, 0.3) is 11.8 Å². The summed E-state index contributed by atoms with van der Waals surface area (Å²) in [5.41, 5.74) is 10.6. The molecule has 0 aliphatic carbocycles. The lowest BCUT2D eigenvalue weighted by atomic mass is 10.1. The number of carbonyl (C=O) groups is 2. The van der Waals surface area contributed by atoms with Crippen molar-refractivity contribution in [2.75, 3.05) is 11.4 Å². The van der Waals surface area contributed by atoms with Gasteiger partial charge in [0, 0.05) is 18.3 Å². The van der Waals surface area contributed by atoms with Crippen molar-refractivity contribution in [3.05, 3.63) is 70.3 Å². The van der Waals surface area contributed by atoms with Crippen LogP contribution in [0.5, 0.6) is 0 Å². The molecule has 8 nitrogen and oxygen atoms in total. The fraction of sp³-hybridized carbons (Fsp3) is 0.273. The van der Waals surface area contributed by atoms with E-state index >= 15 is 0 Å². The maximum absolute atomic E-state index is 13.3. The number of nitrogens with zero attached hydrogens (tertiary/aromatic N) is 2. The zero-order valence-corrected chi connectivity index (χ0v) is 18.3. The molecule has 0 fully saturated rings. The van der Waals surface area contributed by atoms with E-state index in [0.717, 1.165) is 4.90 Å². The molecular formula is C22H24N4O4S. The van der Waals surface area contributed by atoms with Gasteiger partial charge < -0.3 is 10.7 Å². The predicted octanol–water partition coefficient (Wildman–Crippen LogP) is 2.05. The molecule has 0 radical (unpaired) electrons. The highest BCUT2D eigenvalue weighted by Gasteiger charge is 2.38. The van der Waals surface area contributed by atoms with Crippen molar-refractivity contribution >= 4 is 27.3 Å². The molecule has 2 amide bonds. The van der Waals surface area contributed by atoms with Gasteiger partial charge in [0.15, 0.2) is 0 Å². The Morgan fingerprint density at radius 1 is 1.03 bits per heavy atom. The van der Waals surface area contributed by atoms with Gasteiger partial charge in [0.2, 0.25) is 9.84 Å². The standard InChI is InChI=1S/C22H24N4O4S/c1-13(23)12-25-15(3)20(14(2)24-25)31(29,30)17-10-8-16(9-11-17)26-21(27)18-6-4-5-7-19(18)22(26)28/h4-11,13-14,24H,12,23H2,1-3H3/t13-,14?/m0/s1. The molecule has 0 aromatic heterocycles. The molecular weight excluding hydrogens is 416 g/mol. The number of allylic oxidation sites excluding steroid dienone is 1. The van der Waals surface area contributed by atoms with E-state index < -0.39 is 27.7 Å². The number of benzene rings is 2. The van der Waals surface area contributed by atoms with Crippen molar-refractivity contribution in [3.63, 3.8) is 0 Å². The second-order valence-corrected chi connectivity index (χ2v) is 9.80. The summed E-state index contributed by atoms with van der Waals surface area (Å²) < 4.78 is 26.6. The lowest BCUT2D eigenvalue weighted by molar-refractivity contribution is 0.0926. The summed E-state index contributed by atoms with van der Waals surface area (Å²) in [5.74, 6) is -0.843. The minimum atomic E-state index is -3.78. The topological polar surface area (TPSA) is 113 Å². The monoisotopic (exact) mass is 440 g/mol. The lowest BCUT2D eigenvalue weighted by Gasteiger charge is -2.22. The highest BCUT2D eigenvalue weighted by Crippen LogP contribution is 2.33. The lowest BCUT2D eigenvalue weighted by Crippen LogP contribution is -2.42. The highest BCUT2D eigenvalue weighted by molar-refractivity contribution is 7.95. The summed E-state index contributed by atoms with van der Waals surface area (Å²) in [7, 11) is -3.78. The molecule has 2 heterocycles. The van der Waals surface area contributed by atoms with Gasteiger partial charge in [-0.15, -0.1) is 0 Å². The van der Waals surface area contributed by atoms with Crippen LogP contribution in [0.2, 0.25) is 0 Å². The van der Waals surface area contributed by atoms with Crippen molar-refractivity contribution in [1.82, 2.24) is 10.4 Å². The van der Waals surface area contributed by atoms with Crippen LogP contribution in [0.15, 0.2) is 64.0 Å². The molecule has 162 valence electrons. The average molecular weight is 441 g/mol. The fourth-order valence-electron chi connectivity index (χ4n) is 4.07. The molecule has 4 rings (SSSR count). The van der Waals surface area contributed by atoms with E-state index in [2.05, 4.69) is 5.43 Å². The molecule has 2 atom stereocenters. The number of hydrazine groups is 1. The third-order valence-electron chi connectivity index (χ3n) is 5.46. The third-order valence-corrected chi connectivity index (χ3v) is 7.58. The maximum atomic E-state index is 13.3. The van der Waals surface area contributed by atoms with Crippen LogP contribution in [0.3, 0.4) is 0 Å². The van der Waals surface area contributed by atoms with E-state index in [9.17, 15) is 18.0 Å². The van der Waals surface area contributed by atoms with E-state index in [-0.39, 0.29) is 15.8 Å². The number of hydrogen-bond acceptors (Lipinski definition) is 7. The van der Waals surface area contributed by atoms with Crippen LogP contribution in [0.4, 0.5) is 5.69 Å². The fourth-order valence-corrected chi connectivity index (χ4v) is 5.83. The zero-order valence-electron chi connectivity index (χ0n) is 17.5. The number of fused-ring (bicyclic) bond motifs is 1. The number of imide groups is 1. The van der Waals surface area contributed by atoms with E-state index in [0.29, 0.717) is 29.1 Å². The number of amides is 2. The van der Waals surface area contributed by atoms with Crippen LogP contribution in [0.25, 0.3) is 0 Å². The van der Waals surface area contributed by atoms with Gasteiger partial charge in [-0.25, -0.2) is 18.7 Å². The normalized spacial score (nSPS) is 19.9. The van der Waals surface area contributed by atoms with Gasteiger partial charge in [0.1, 0.15) is 0 Å². The summed E-state index contributed by atoms with van der Waals surface area (Å²) in [6.07, 6.45) is 0. The van der Waals surface area contributed by atoms with E-state index in [4.69, 9.17) is 5.73 Å². The first-order valence-electron chi connectivity index (χ1n) is 9.96. The highest BCUT2D eigenvalue weighted by atomic mass is 32.2. The van der Waals surface area contributed by atoms with Gasteiger partial charge in [0.05, 0.1) is 32.7 Å². The SMILES string of the molecule is CC1=C(S(=O)(=O)c2ccc(N3C(=O)c4ccccc4C3=O)cc2)C(C)NN1C[C@H](C)N. The second kappa shape index (κ2) is 7.60. The maximum Gasteiger partial charge on any atom is 0.266 e. The molecule has 2 aromatic rings. The molecule has 1 unspecified atom stereocenters. The largest absolute Gasteiger partial charge is 0.326 e. The predicted molar refractivity (Wildman–Crippen MR) is 117 cm³/mol. The second-order valence-electron chi connectivity index (χ2n) is 7.88. The molecule has 2 aromatic carbocycles. The van der Waals surface area contributed by atoms with Gasteiger partial charge in [-0.2, -0.15) is 0 Å². The Labute approximate surface area is 181 Å². The van der Waals surface area contributed by atoms with Crippen LogP contribution in [0, 0.1) is 0 Å². The molecule has 9 heteroatoms. The van der Waals surface area contributed by atoms with E-state index in [1.54, 1.807) is 43.1 Å². The first-order chi connectivity index (χ1) is 14.6. The number of carbonyl (C=O) groups excluding carboxylic acids is 2. The average Bonchev–Trinajstić information content (AvgIpc) is 3.14. The Bertz CT molecular complexity index is 1170. The van der Waals surface area contributed by atoms with Gasteiger partial charge in [-0.1, -0.05) is 12.1 Å². The first kappa shape index (κ1) is 21.2. The summed E-state index contributed by atoms with van der Waals surface area (Å²) >= 11 is 0. The molecule has 3 N–H and O–H groups in total. The first-order valence-corrected chi connectivity index (χ1v) is 11.4. The summed E-state index contributed by atoms with van der Waals surface area (Å²) in [4.78, 5) is 26.8. The molecule has 0 saturated heterocycles. The van der Waals surface area contributed by atoms with Crippen LogP contribution in [-0.4, -0.2) is 43.9 Å². The van der Waals surface area contributed by atoms with E-state index in [1.807, 2.05) is 6.92 Å². The number of hydrogen-bond donors (Lipinski definition) is 2. The summed E-state index contributed by atoms with van der Waals surface area (Å²) in [6, 6.07) is 11.9. The summed E-state index contributed by atoms with van der Waals surface area (Å²) in [6.45, 7) is 5.86. The molecule has 2 aliphatic rings. The zero-order chi connectivity index (χ0) is 22.5. The molecule has 0 saturated carbocycles. The van der Waals surface area contributed by atoms with Crippen LogP contribution in [0.1, 0.15) is 41.5 Å². The quantitative estimate of drug-likeness (QED) is 0.684. The van der Waals surface area contributed by atoms with Crippen LogP contribution < -0.4 is 16.1 Å². The number of sulfone groups is 1. The number of nitrogens with two attached hydrogens (primary N) is 1. The van der Waals surface area contributed by atoms with Crippen LogP contribution in [-0.2, 0) is 9.84 Å². The molecule has 2 aliphatic heterocycles. The van der Waals surface area contributed by atoms with Crippen molar-refractivity contribution in [2.24, 2.45) is 5.73 Å². The molecule has 31 heavy (non-hydrogen) atoms. The number of rotatable bonds is 5. The minimum absolute atomic E-state index is 0.0958. The van der Waals surface area contributed by atoms with Crippen molar-refractivity contribution in [3.8, 4) is 0 Å². The number of nitrogens with one attached hydrogen (secondary N) is 1. The number of anilines is 1. The van der Waals surface area contributed by atoms with Gasteiger partial charge >= 0.3 is 0 Å². The van der Waals surface area contributed by atoms with Gasteiger partial charge in [-0.3, -0.25) is 9.59 Å². The molecule has 0 bridgehead atoms.